The lowest BCUT2D eigenvalue weighted by Crippen LogP contribution is -2.11. The molecular formula is C11H13ClO2. The third-order valence-electron chi connectivity index (χ3n) is 2.72. The molecule has 14 heavy (non-hydrogen) atoms. The van der Waals surface area contributed by atoms with E-state index in [4.69, 9.17) is 16.3 Å². The molecule has 1 aliphatic rings. The molecule has 0 aromatic heterocycles. The summed E-state index contributed by atoms with van der Waals surface area (Å²) in [5.41, 5.74) is 1.93. The van der Waals surface area contributed by atoms with Crippen molar-refractivity contribution in [1.29, 1.82) is 0 Å². The minimum atomic E-state index is -0.429. The summed E-state index contributed by atoms with van der Waals surface area (Å²) in [7, 11) is 1.64. The summed E-state index contributed by atoms with van der Waals surface area (Å²) in [5.74, 6) is 0.836. The number of rotatable bonds is 1. The molecule has 76 valence electrons. The molecule has 0 radical (unpaired) electrons. The number of fused-ring (bicyclic) bond motifs is 1. The first-order valence-corrected chi connectivity index (χ1v) is 5.15. The van der Waals surface area contributed by atoms with E-state index in [1.807, 2.05) is 6.07 Å². The highest BCUT2D eigenvalue weighted by molar-refractivity contribution is 6.31. The summed E-state index contributed by atoms with van der Waals surface area (Å²) in [5, 5.41) is 10.5. The molecular weight excluding hydrogens is 200 g/mol. The van der Waals surface area contributed by atoms with Gasteiger partial charge in [0.05, 0.1) is 13.2 Å². The van der Waals surface area contributed by atoms with Crippen LogP contribution in [0.1, 0.15) is 30.1 Å². The van der Waals surface area contributed by atoms with E-state index in [2.05, 4.69) is 0 Å². The molecule has 0 aliphatic heterocycles. The second kappa shape index (κ2) is 3.79. The van der Waals surface area contributed by atoms with Gasteiger partial charge in [0.2, 0.25) is 0 Å². The van der Waals surface area contributed by atoms with Gasteiger partial charge in [-0.2, -0.15) is 0 Å². The van der Waals surface area contributed by atoms with Crippen molar-refractivity contribution < 1.29 is 9.84 Å². The standard InChI is InChI=1S/C11H13ClO2/c1-14-10-6-5-8(12)11-7(10)3-2-4-9(11)13/h5-6,9,13H,2-4H2,1H3. The molecule has 1 aliphatic carbocycles. The third-order valence-corrected chi connectivity index (χ3v) is 3.05. The lowest BCUT2D eigenvalue weighted by molar-refractivity contribution is 0.155. The Morgan fingerprint density at radius 1 is 1.50 bits per heavy atom. The lowest BCUT2D eigenvalue weighted by Gasteiger charge is -2.24. The van der Waals surface area contributed by atoms with Gasteiger partial charge < -0.3 is 9.84 Å². The summed E-state index contributed by atoms with van der Waals surface area (Å²) in [4.78, 5) is 0. The lowest BCUT2D eigenvalue weighted by atomic mass is 9.89. The van der Waals surface area contributed by atoms with Crippen LogP contribution in [0.25, 0.3) is 0 Å². The van der Waals surface area contributed by atoms with Crippen molar-refractivity contribution in [2.24, 2.45) is 0 Å². The molecule has 1 unspecified atom stereocenters. The van der Waals surface area contributed by atoms with Gasteiger partial charge in [-0.25, -0.2) is 0 Å². The predicted molar refractivity (Wildman–Crippen MR) is 55.9 cm³/mol. The van der Waals surface area contributed by atoms with Crippen LogP contribution in [0, 0.1) is 0 Å². The number of benzene rings is 1. The van der Waals surface area contributed by atoms with Gasteiger partial charge in [-0.1, -0.05) is 11.6 Å². The first-order chi connectivity index (χ1) is 6.74. The summed E-state index contributed by atoms with van der Waals surface area (Å²) in [6.07, 6.45) is 2.29. The Labute approximate surface area is 88.5 Å². The van der Waals surface area contributed by atoms with E-state index in [1.54, 1.807) is 13.2 Å². The molecule has 1 atom stereocenters. The Hall–Kier alpha value is -0.730. The van der Waals surface area contributed by atoms with Crippen molar-refractivity contribution in [1.82, 2.24) is 0 Å². The van der Waals surface area contributed by atoms with Crippen LogP contribution in [-0.4, -0.2) is 12.2 Å². The van der Waals surface area contributed by atoms with Crippen LogP contribution in [0.4, 0.5) is 0 Å². The molecule has 3 heteroatoms. The Bertz CT molecular complexity index is 349. The maximum atomic E-state index is 9.82. The van der Waals surface area contributed by atoms with Crippen LogP contribution in [0.2, 0.25) is 5.02 Å². The number of aliphatic hydroxyl groups is 1. The average molecular weight is 213 g/mol. The fourth-order valence-corrected chi connectivity index (χ4v) is 2.35. The van der Waals surface area contributed by atoms with Gasteiger partial charge in [0.15, 0.2) is 0 Å². The molecule has 1 aromatic rings. The molecule has 0 heterocycles. The van der Waals surface area contributed by atoms with Crippen molar-refractivity contribution in [3.05, 3.63) is 28.3 Å². The molecule has 1 aromatic carbocycles. The van der Waals surface area contributed by atoms with E-state index >= 15 is 0 Å². The van der Waals surface area contributed by atoms with Crippen molar-refractivity contribution in [2.45, 2.75) is 25.4 Å². The normalized spacial score (nSPS) is 20.4. The highest BCUT2D eigenvalue weighted by Gasteiger charge is 2.23. The second-order valence-corrected chi connectivity index (χ2v) is 3.96. The number of methoxy groups -OCH3 is 1. The molecule has 2 rings (SSSR count). The summed E-state index contributed by atoms with van der Waals surface area (Å²) in [6, 6.07) is 3.65. The zero-order valence-corrected chi connectivity index (χ0v) is 8.84. The number of hydrogen-bond donors (Lipinski definition) is 1. The van der Waals surface area contributed by atoms with Crippen molar-refractivity contribution in [3.8, 4) is 5.75 Å². The van der Waals surface area contributed by atoms with Crippen LogP contribution in [-0.2, 0) is 6.42 Å². The molecule has 0 fully saturated rings. The molecule has 2 nitrogen and oxygen atoms in total. The monoisotopic (exact) mass is 212 g/mol. The Morgan fingerprint density at radius 2 is 2.29 bits per heavy atom. The number of aliphatic hydroxyl groups excluding tert-OH is 1. The van der Waals surface area contributed by atoms with Gasteiger partial charge in [0, 0.05) is 16.1 Å². The van der Waals surface area contributed by atoms with E-state index in [9.17, 15) is 5.11 Å². The van der Waals surface area contributed by atoms with Gasteiger partial charge in [-0.05, 0) is 31.4 Å². The number of halogens is 1. The summed E-state index contributed by atoms with van der Waals surface area (Å²) < 4.78 is 5.25. The van der Waals surface area contributed by atoms with Gasteiger partial charge in [0.25, 0.3) is 0 Å². The minimum Gasteiger partial charge on any atom is -0.496 e. The minimum absolute atomic E-state index is 0.429. The van der Waals surface area contributed by atoms with Crippen LogP contribution in [0.3, 0.4) is 0 Å². The zero-order chi connectivity index (χ0) is 10.1. The summed E-state index contributed by atoms with van der Waals surface area (Å²) in [6.45, 7) is 0. The Morgan fingerprint density at radius 3 is 3.00 bits per heavy atom. The van der Waals surface area contributed by atoms with E-state index in [-0.39, 0.29) is 0 Å². The van der Waals surface area contributed by atoms with Crippen molar-refractivity contribution in [3.63, 3.8) is 0 Å². The van der Waals surface area contributed by atoms with Crippen molar-refractivity contribution >= 4 is 11.6 Å². The number of ether oxygens (including phenoxy) is 1. The topological polar surface area (TPSA) is 29.5 Å². The highest BCUT2D eigenvalue weighted by Crippen LogP contribution is 2.39. The maximum Gasteiger partial charge on any atom is 0.122 e. The molecule has 1 N–H and O–H groups in total. The highest BCUT2D eigenvalue weighted by atomic mass is 35.5. The Balaban J connectivity index is 2.57. The zero-order valence-electron chi connectivity index (χ0n) is 8.09. The molecule has 0 spiro atoms. The third kappa shape index (κ3) is 1.49. The smallest absolute Gasteiger partial charge is 0.122 e. The fraction of sp³-hybridized carbons (Fsp3) is 0.455. The van der Waals surface area contributed by atoms with Crippen LogP contribution >= 0.6 is 11.6 Å². The quantitative estimate of drug-likeness (QED) is 0.776. The van der Waals surface area contributed by atoms with Gasteiger partial charge in [-0.3, -0.25) is 0 Å². The number of hydrogen-bond acceptors (Lipinski definition) is 2. The molecule has 0 saturated heterocycles. The summed E-state index contributed by atoms with van der Waals surface area (Å²) >= 11 is 6.05. The SMILES string of the molecule is COc1ccc(Cl)c2c1CCCC2O. The van der Waals surface area contributed by atoms with Gasteiger partial charge in [-0.15, -0.1) is 0 Å². The van der Waals surface area contributed by atoms with Crippen LogP contribution in [0.15, 0.2) is 12.1 Å². The van der Waals surface area contributed by atoms with Crippen molar-refractivity contribution in [2.75, 3.05) is 7.11 Å². The second-order valence-electron chi connectivity index (χ2n) is 3.55. The molecule has 0 saturated carbocycles. The molecule has 0 bridgehead atoms. The fourth-order valence-electron chi connectivity index (χ4n) is 2.04. The largest absolute Gasteiger partial charge is 0.496 e. The van der Waals surface area contributed by atoms with Gasteiger partial charge in [0.1, 0.15) is 5.75 Å². The Kier molecular flexibility index (Phi) is 2.66. The average Bonchev–Trinajstić information content (AvgIpc) is 2.18. The predicted octanol–water partition coefficient (Wildman–Crippen LogP) is 2.72. The van der Waals surface area contributed by atoms with E-state index in [1.165, 1.54) is 0 Å². The van der Waals surface area contributed by atoms with E-state index < -0.39 is 6.10 Å². The van der Waals surface area contributed by atoms with Crippen LogP contribution in [0.5, 0.6) is 5.75 Å². The van der Waals surface area contributed by atoms with Gasteiger partial charge >= 0.3 is 0 Å². The maximum absolute atomic E-state index is 9.82. The van der Waals surface area contributed by atoms with E-state index in [0.29, 0.717) is 5.02 Å². The first kappa shape index (κ1) is 9.81. The van der Waals surface area contributed by atoms with E-state index in [0.717, 1.165) is 36.1 Å². The molecule has 0 amide bonds. The van der Waals surface area contributed by atoms with Crippen LogP contribution < -0.4 is 4.74 Å². The first-order valence-electron chi connectivity index (χ1n) is 4.77.